The number of allylic oxidation sites excluding steroid dienone is 2. The molecule has 0 heterocycles. The number of hydrogen-bond acceptors (Lipinski definition) is 4. The molecule has 0 atom stereocenters. The SMILES string of the molecule is CCCCCCCCCCCCCC/C=C/CCCCCCCC[N+](CCCCC(=O)[O-])(CCCCC(=O)O)CCCCC(=O)O. The molecule has 0 aliphatic carbocycles. The first kappa shape index (κ1) is 44.1. The number of carboxylic acid groups (broad SMARTS) is 3. The van der Waals surface area contributed by atoms with Gasteiger partial charge in [0.2, 0.25) is 0 Å². The predicted molar refractivity (Wildman–Crippen MR) is 189 cm³/mol. The normalized spacial score (nSPS) is 11.8. The number of rotatable bonds is 37. The highest BCUT2D eigenvalue weighted by Gasteiger charge is 2.26. The lowest BCUT2D eigenvalue weighted by Crippen LogP contribution is -2.51. The minimum absolute atomic E-state index is 0.0621. The van der Waals surface area contributed by atoms with Crippen molar-refractivity contribution >= 4 is 17.9 Å². The molecular weight excluding hydrogens is 578 g/mol. The van der Waals surface area contributed by atoms with Crippen LogP contribution >= 0.6 is 0 Å². The first-order chi connectivity index (χ1) is 22.3. The van der Waals surface area contributed by atoms with Gasteiger partial charge in [-0.15, -0.1) is 0 Å². The van der Waals surface area contributed by atoms with Gasteiger partial charge in [0.15, 0.2) is 0 Å². The predicted octanol–water partition coefficient (Wildman–Crippen LogP) is 9.61. The molecule has 0 saturated carbocycles. The lowest BCUT2D eigenvalue weighted by molar-refractivity contribution is -0.929. The van der Waals surface area contributed by atoms with Crippen molar-refractivity contribution in [1.82, 2.24) is 0 Å². The summed E-state index contributed by atoms with van der Waals surface area (Å²) >= 11 is 0. The van der Waals surface area contributed by atoms with E-state index in [1.54, 1.807) is 0 Å². The van der Waals surface area contributed by atoms with E-state index in [4.69, 9.17) is 10.2 Å². The van der Waals surface area contributed by atoms with Crippen molar-refractivity contribution in [2.45, 2.75) is 193 Å². The Morgan fingerprint density at radius 2 is 0.761 bits per heavy atom. The van der Waals surface area contributed by atoms with E-state index in [-0.39, 0.29) is 19.3 Å². The number of quaternary nitrogens is 1. The highest BCUT2D eigenvalue weighted by atomic mass is 16.4. The number of hydrogen-bond donors (Lipinski definition) is 2. The van der Waals surface area contributed by atoms with Crippen LogP contribution in [0.2, 0.25) is 0 Å². The third-order valence-electron chi connectivity index (χ3n) is 9.45. The van der Waals surface area contributed by atoms with Gasteiger partial charge >= 0.3 is 11.9 Å². The highest BCUT2D eigenvalue weighted by Crippen LogP contribution is 2.20. The summed E-state index contributed by atoms with van der Waals surface area (Å²) in [6.45, 7) is 5.88. The molecule has 0 bridgehead atoms. The molecule has 0 spiro atoms. The van der Waals surface area contributed by atoms with Gasteiger partial charge in [0.25, 0.3) is 0 Å². The van der Waals surface area contributed by atoms with Gasteiger partial charge in [-0.05, 0) is 83.5 Å². The zero-order valence-electron chi connectivity index (χ0n) is 30.0. The van der Waals surface area contributed by atoms with E-state index in [2.05, 4.69) is 19.1 Å². The molecule has 7 heteroatoms. The number of carboxylic acids is 3. The third-order valence-corrected chi connectivity index (χ3v) is 9.45. The number of nitrogens with zero attached hydrogens (tertiary/aromatic N) is 1. The molecule has 0 rings (SSSR count). The largest absolute Gasteiger partial charge is 0.550 e. The van der Waals surface area contributed by atoms with Crippen LogP contribution in [0.3, 0.4) is 0 Å². The lowest BCUT2D eigenvalue weighted by atomic mass is 10.0. The van der Waals surface area contributed by atoms with Crippen LogP contribution in [0, 0.1) is 0 Å². The summed E-state index contributed by atoms with van der Waals surface area (Å²) in [7, 11) is 0. The summed E-state index contributed by atoms with van der Waals surface area (Å²) in [5.41, 5.74) is 0. The molecule has 0 fully saturated rings. The van der Waals surface area contributed by atoms with Crippen molar-refractivity contribution in [1.29, 1.82) is 0 Å². The third kappa shape index (κ3) is 32.1. The Morgan fingerprint density at radius 3 is 1.11 bits per heavy atom. The van der Waals surface area contributed by atoms with Crippen molar-refractivity contribution in [3.05, 3.63) is 12.2 Å². The fourth-order valence-corrected chi connectivity index (χ4v) is 6.59. The summed E-state index contributed by atoms with van der Waals surface area (Å²) in [6, 6.07) is 0. The van der Waals surface area contributed by atoms with Crippen LogP contribution in [0.15, 0.2) is 12.2 Å². The second-order valence-electron chi connectivity index (χ2n) is 13.8. The maximum absolute atomic E-state index is 11.0. The summed E-state index contributed by atoms with van der Waals surface area (Å²) in [5.74, 6) is -2.57. The molecule has 0 unspecified atom stereocenters. The van der Waals surface area contributed by atoms with E-state index in [0.29, 0.717) is 19.3 Å². The van der Waals surface area contributed by atoms with Gasteiger partial charge in [-0.3, -0.25) is 9.59 Å². The number of unbranched alkanes of at least 4 members (excludes halogenated alkanes) is 21. The van der Waals surface area contributed by atoms with E-state index in [9.17, 15) is 19.5 Å². The molecule has 0 radical (unpaired) electrons. The second kappa shape index (κ2) is 33.0. The molecule has 270 valence electrons. The van der Waals surface area contributed by atoms with Gasteiger partial charge in [-0.25, -0.2) is 0 Å². The van der Waals surface area contributed by atoms with Crippen LogP contribution in [0.25, 0.3) is 0 Å². The molecule has 0 aromatic heterocycles. The van der Waals surface area contributed by atoms with Crippen LogP contribution in [-0.2, 0) is 14.4 Å². The van der Waals surface area contributed by atoms with Gasteiger partial charge in [0.05, 0.1) is 26.2 Å². The molecule has 0 saturated heterocycles. The summed E-state index contributed by atoms with van der Waals surface area (Å²) in [5, 5.41) is 29.0. The Hall–Kier alpha value is -1.89. The average molecular weight is 652 g/mol. The summed E-state index contributed by atoms with van der Waals surface area (Å²) < 4.78 is 0.844. The topological polar surface area (TPSA) is 115 Å². The molecular formula is C39H73NO6. The van der Waals surface area contributed by atoms with Crippen LogP contribution in [0.1, 0.15) is 193 Å². The van der Waals surface area contributed by atoms with E-state index < -0.39 is 17.9 Å². The minimum atomic E-state index is -1.02. The molecule has 7 nitrogen and oxygen atoms in total. The van der Waals surface area contributed by atoms with Gasteiger partial charge in [-0.2, -0.15) is 0 Å². The zero-order chi connectivity index (χ0) is 34.0. The Labute approximate surface area is 283 Å². The average Bonchev–Trinajstić information content (AvgIpc) is 3.02. The highest BCUT2D eigenvalue weighted by molar-refractivity contribution is 5.66. The van der Waals surface area contributed by atoms with E-state index >= 15 is 0 Å². The van der Waals surface area contributed by atoms with Crippen molar-refractivity contribution in [2.75, 3.05) is 26.2 Å². The fourth-order valence-electron chi connectivity index (χ4n) is 6.59. The minimum Gasteiger partial charge on any atom is -0.550 e. The Morgan fingerprint density at radius 1 is 0.457 bits per heavy atom. The fraction of sp³-hybridized carbons (Fsp3) is 0.872. The van der Waals surface area contributed by atoms with E-state index in [1.165, 1.54) is 116 Å². The Bertz CT molecular complexity index is 698. The smallest absolute Gasteiger partial charge is 0.303 e. The van der Waals surface area contributed by atoms with Gasteiger partial charge in [-0.1, -0.05) is 109 Å². The van der Waals surface area contributed by atoms with Gasteiger partial charge < -0.3 is 24.6 Å². The maximum atomic E-state index is 11.0. The zero-order valence-corrected chi connectivity index (χ0v) is 30.0. The molecule has 0 aromatic carbocycles. The molecule has 46 heavy (non-hydrogen) atoms. The van der Waals surface area contributed by atoms with E-state index in [0.717, 1.165) is 62.8 Å². The molecule has 0 aromatic rings. The first-order valence-electron chi connectivity index (χ1n) is 19.4. The van der Waals surface area contributed by atoms with Gasteiger partial charge in [0.1, 0.15) is 0 Å². The Balaban J connectivity index is 4.19. The van der Waals surface area contributed by atoms with Crippen molar-refractivity contribution in [3.8, 4) is 0 Å². The van der Waals surface area contributed by atoms with Gasteiger partial charge in [0, 0.05) is 18.8 Å². The van der Waals surface area contributed by atoms with Crippen molar-refractivity contribution < 1.29 is 34.2 Å². The quantitative estimate of drug-likeness (QED) is 0.0393. The molecule has 2 N–H and O–H groups in total. The number of carbonyl (C=O) groups is 3. The first-order valence-corrected chi connectivity index (χ1v) is 19.4. The summed E-state index contributed by atoms with van der Waals surface area (Å²) in [6.07, 6.45) is 35.8. The molecule has 0 aliphatic rings. The number of aliphatic carboxylic acids is 3. The second-order valence-corrected chi connectivity index (χ2v) is 13.8. The summed E-state index contributed by atoms with van der Waals surface area (Å²) in [4.78, 5) is 33.0. The molecule has 0 aliphatic heterocycles. The van der Waals surface area contributed by atoms with Crippen LogP contribution in [0.4, 0.5) is 0 Å². The standard InChI is InChI=1S/C39H73NO6/c1-2-3-4-5-6-7-8-9-10-11-12-13-14-15-16-17-18-19-20-21-22-26-33-40(34-27-23-30-37(41)42,35-28-24-31-38(43)44)36-29-25-32-39(45)46/h15-16H,2-14,17-36H2,1H3,(H2-,41,42,43,44,45,46)/b16-15+. The van der Waals surface area contributed by atoms with Crippen molar-refractivity contribution in [3.63, 3.8) is 0 Å². The Kier molecular flexibility index (Phi) is 31.7. The lowest BCUT2D eigenvalue weighted by Gasteiger charge is -2.39. The van der Waals surface area contributed by atoms with E-state index in [1.807, 2.05) is 0 Å². The van der Waals surface area contributed by atoms with Crippen LogP contribution in [0.5, 0.6) is 0 Å². The number of carbonyl (C=O) groups excluding carboxylic acids is 1. The van der Waals surface area contributed by atoms with Crippen LogP contribution < -0.4 is 5.11 Å². The van der Waals surface area contributed by atoms with Crippen molar-refractivity contribution in [2.24, 2.45) is 0 Å². The maximum Gasteiger partial charge on any atom is 0.303 e. The molecule has 0 amide bonds. The van der Waals surface area contributed by atoms with Crippen LogP contribution in [-0.4, -0.2) is 58.8 Å². The monoisotopic (exact) mass is 652 g/mol.